The summed E-state index contributed by atoms with van der Waals surface area (Å²) < 4.78 is 2.03. The summed E-state index contributed by atoms with van der Waals surface area (Å²) in [4.78, 5) is 20.8. The number of carbonyl (C=O) groups is 1. The van der Waals surface area contributed by atoms with E-state index in [0.717, 1.165) is 45.6 Å². The minimum Gasteiger partial charge on any atom is -0.481 e. The topological polar surface area (TPSA) is 94.0 Å². The first-order chi connectivity index (χ1) is 16.3. The SMILES string of the molecule is C[C@H](C(=O)O)c1cc(N)ccc1-c1cc2c(cn1)ncn2[C@H](C)c1c(Cl)ccc(C2CC2)c1Cl. The van der Waals surface area contributed by atoms with Crippen LogP contribution in [0, 0.1) is 0 Å². The molecule has 1 fully saturated rings. The Bertz CT molecular complexity index is 1430. The highest BCUT2D eigenvalue weighted by molar-refractivity contribution is 6.36. The summed E-state index contributed by atoms with van der Waals surface area (Å²) in [5.74, 6) is -1.15. The van der Waals surface area contributed by atoms with Crippen molar-refractivity contribution < 1.29 is 9.90 Å². The molecule has 0 aliphatic heterocycles. The number of aliphatic carboxylic acids is 1. The molecule has 2 heterocycles. The van der Waals surface area contributed by atoms with E-state index in [4.69, 9.17) is 28.9 Å². The first-order valence-electron chi connectivity index (χ1n) is 11.2. The number of nitrogens with zero attached hydrogens (tertiary/aromatic N) is 3. The van der Waals surface area contributed by atoms with Crippen molar-refractivity contribution >= 4 is 45.9 Å². The van der Waals surface area contributed by atoms with Crippen LogP contribution in [0.2, 0.25) is 10.0 Å². The number of carboxylic acids is 1. The maximum Gasteiger partial charge on any atom is 0.310 e. The number of aromatic nitrogens is 3. The van der Waals surface area contributed by atoms with Gasteiger partial charge in [-0.2, -0.15) is 0 Å². The van der Waals surface area contributed by atoms with Crippen molar-refractivity contribution in [1.29, 1.82) is 0 Å². The lowest BCUT2D eigenvalue weighted by atomic mass is 9.93. The molecule has 3 N–H and O–H groups in total. The van der Waals surface area contributed by atoms with E-state index in [2.05, 4.69) is 9.97 Å². The molecule has 0 radical (unpaired) electrons. The summed E-state index contributed by atoms with van der Waals surface area (Å²) >= 11 is 13.5. The van der Waals surface area contributed by atoms with Gasteiger partial charge in [-0.05, 0) is 68.0 Å². The maximum absolute atomic E-state index is 11.7. The van der Waals surface area contributed by atoms with E-state index in [1.165, 1.54) is 0 Å². The van der Waals surface area contributed by atoms with Crippen molar-refractivity contribution in [1.82, 2.24) is 14.5 Å². The average Bonchev–Trinajstić information content (AvgIpc) is 3.56. The van der Waals surface area contributed by atoms with Gasteiger partial charge in [-0.25, -0.2) is 4.98 Å². The summed E-state index contributed by atoms with van der Waals surface area (Å²) in [5, 5.41) is 10.9. The Balaban J connectivity index is 1.63. The average molecular weight is 495 g/mol. The summed E-state index contributed by atoms with van der Waals surface area (Å²) in [6, 6.07) is 11.0. The highest BCUT2D eigenvalue weighted by atomic mass is 35.5. The van der Waals surface area contributed by atoms with Crippen LogP contribution in [-0.2, 0) is 4.79 Å². The number of pyridine rings is 1. The zero-order chi connectivity index (χ0) is 24.1. The van der Waals surface area contributed by atoms with Crippen LogP contribution in [0.1, 0.15) is 61.3 Å². The minimum atomic E-state index is -0.925. The number of rotatable bonds is 6. The monoisotopic (exact) mass is 494 g/mol. The van der Waals surface area contributed by atoms with Gasteiger partial charge < -0.3 is 15.4 Å². The Hall–Kier alpha value is -3.09. The van der Waals surface area contributed by atoms with Gasteiger partial charge in [0.15, 0.2) is 0 Å². The number of carboxylic acid groups (broad SMARTS) is 1. The molecule has 2 atom stereocenters. The van der Waals surface area contributed by atoms with E-state index in [-0.39, 0.29) is 6.04 Å². The number of nitrogen functional groups attached to an aromatic ring is 1. The normalized spacial score (nSPS) is 15.4. The van der Waals surface area contributed by atoms with Crippen molar-refractivity contribution in [2.75, 3.05) is 5.73 Å². The third-order valence-corrected chi connectivity index (χ3v) is 7.41. The van der Waals surface area contributed by atoms with Crippen molar-refractivity contribution in [3.63, 3.8) is 0 Å². The molecular formula is C26H24Cl2N4O2. The second kappa shape index (κ2) is 8.60. The first-order valence-corrected chi connectivity index (χ1v) is 11.9. The second-order valence-electron chi connectivity index (χ2n) is 8.93. The predicted octanol–water partition coefficient (Wildman–Crippen LogP) is 6.66. The summed E-state index contributed by atoms with van der Waals surface area (Å²) in [7, 11) is 0. The maximum atomic E-state index is 11.7. The standard InChI is InChI=1S/C26H24Cl2N4O2/c1-13(26(33)34)19-9-16(29)5-6-18(19)21-10-23-22(11-30-21)31-12-32(23)14(2)24-20(27)8-7-17(25(24)28)15-3-4-15/h5-15H,3-4,29H2,1-2H3,(H,33,34)/t13-,14+/m0/s1. The smallest absolute Gasteiger partial charge is 0.310 e. The highest BCUT2D eigenvalue weighted by Gasteiger charge is 2.29. The van der Waals surface area contributed by atoms with Gasteiger partial charge in [-0.15, -0.1) is 0 Å². The molecule has 4 aromatic rings. The van der Waals surface area contributed by atoms with Crippen LogP contribution >= 0.6 is 23.2 Å². The quantitative estimate of drug-likeness (QED) is 0.292. The Kier molecular flexibility index (Phi) is 5.74. The fourth-order valence-corrected chi connectivity index (χ4v) is 5.35. The van der Waals surface area contributed by atoms with E-state index in [0.29, 0.717) is 27.9 Å². The largest absolute Gasteiger partial charge is 0.481 e. The molecule has 6 nitrogen and oxygen atoms in total. The lowest BCUT2D eigenvalue weighted by Crippen LogP contribution is -2.10. The number of hydrogen-bond acceptors (Lipinski definition) is 4. The van der Waals surface area contributed by atoms with Gasteiger partial charge in [0.25, 0.3) is 0 Å². The highest BCUT2D eigenvalue weighted by Crippen LogP contribution is 2.47. The van der Waals surface area contributed by atoms with Crippen LogP contribution in [-0.4, -0.2) is 25.6 Å². The van der Waals surface area contributed by atoms with Crippen LogP contribution < -0.4 is 5.73 Å². The van der Waals surface area contributed by atoms with Crippen LogP contribution in [0.4, 0.5) is 5.69 Å². The Morgan fingerprint density at radius 2 is 1.91 bits per heavy atom. The third-order valence-electron chi connectivity index (χ3n) is 6.66. The number of benzene rings is 2. The molecule has 174 valence electrons. The minimum absolute atomic E-state index is 0.164. The molecule has 0 amide bonds. The Morgan fingerprint density at radius 1 is 1.15 bits per heavy atom. The summed E-state index contributed by atoms with van der Waals surface area (Å²) in [6.45, 7) is 3.69. The molecule has 1 saturated carbocycles. The van der Waals surface area contributed by atoms with Gasteiger partial charge >= 0.3 is 5.97 Å². The van der Waals surface area contributed by atoms with Crippen LogP contribution in [0.3, 0.4) is 0 Å². The van der Waals surface area contributed by atoms with Gasteiger partial charge in [0.05, 0.1) is 40.7 Å². The van der Waals surface area contributed by atoms with Crippen LogP contribution in [0.15, 0.2) is 48.9 Å². The first kappa shape index (κ1) is 22.7. The Labute approximate surface area is 207 Å². The number of nitrogens with two attached hydrogens (primary N) is 1. The molecule has 0 saturated heterocycles. The van der Waals surface area contributed by atoms with Crippen LogP contribution in [0.25, 0.3) is 22.3 Å². The van der Waals surface area contributed by atoms with E-state index >= 15 is 0 Å². The van der Waals surface area contributed by atoms with Crippen molar-refractivity contribution in [3.05, 3.63) is 75.7 Å². The van der Waals surface area contributed by atoms with Crippen molar-refractivity contribution in [2.45, 2.75) is 44.6 Å². The number of imidazole rings is 1. The van der Waals surface area contributed by atoms with E-state index in [1.54, 1.807) is 31.6 Å². The van der Waals surface area contributed by atoms with E-state index < -0.39 is 11.9 Å². The molecule has 0 bridgehead atoms. The summed E-state index contributed by atoms with van der Waals surface area (Å²) in [6.07, 6.45) is 5.76. The number of fused-ring (bicyclic) bond motifs is 1. The fraction of sp³-hybridized carbons (Fsp3) is 0.269. The predicted molar refractivity (Wildman–Crippen MR) is 136 cm³/mol. The Morgan fingerprint density at radius 3 is 2.62 bits per heavy atom. The molecule has 1 aliphatic carbocycles. The molecule has 0 spiro atoms. The molecule has 2 aromatic heterocycles. The molecule has 34 heavy (non-hydrogen) atoms. The van der Waals surface area contributed by atoms with Crippen molar-refractivity contribution in [3.8, 4) is 11.3 Å². The van der Waals surface area contributed by atoms with Gasteiger partial charge in [0.1, 0.15) is 5.52 Å². The summed E-state index contributed by atoms with van der Waals surface area (Å²) in [5.41, 5.74) is 12.0. The van der Waals surface area contributed by atoms with Crippen molar-refractivity contribution in [2.24, 2.45) is 0 Å². The number of hydrogen-bond donors (Lipinski definition) is 2. The van der Waals surface area contributed by atoms with Gasteiger partial charge in [-0.3, -0.25) is 9.78 Å². The number of anilines is 1. The zero-order valence-electron chi connectivity index (χ0n) is 18.8. The number of halogens is 2. The zero-order valence-corrected chi connectivity index (χ0v) is 20.3. The molecule has 1 aliphatic rings. The fourth-order valence-electron chi connectivity index (χ4n) is 4.51. The molecule has 2 aromatic carbocycles. The molecule has 5 rings (SSSR count). The molecule has 8 heteroatoms. The second-order valence-corrected chi connectivity index (χ2v) is 9.72. The van der Waals surface area contributed by atoms with E-state index in [1.807, 2.05) is 35.8 Å². The third kappa shape index (κ3) is 3.91. The van der Waals surface area contributed by atoms with Gasteiger partial charge in [0, 0.05) is 21.8 Å². The lowest BCUT2D eigenvalue weighted by Gasteiger charge is -2.20. The molecular weight excluding hydrogens is 471 g/mol. The van der Waals surface area contributed by atoms with Crippen LogP contribution in [0.5, 0.6) is 0 Å². The lowest BCUT2D eigenvalue weighted by molar-refractivity contribution is -0.138. The van der Waals surface area contributed by atoms with Gasteiger partial charge in [-0.1, -0.05) is 35.3 Å². The van der Waals surface area contributed by atoms with Gasteiger partial charge in [0.2, 0.25) is 0 Å². The van der Waals surface area contributed by atoms with E-state index in [9.17, 15) is 9.90 Å². The molecule has 0 unspecified atom stereocenters.